The van der Waals surface area contributed by atoms with Gasteiger partial charge in [0.25, 0.3) is 5.91 Å². The molecule has 22 heavy (non-hydrogen) atoms. The fourth-order valence-corrected chi connectivity index (χ4v) is 2.54. The first-order valence-corrected chi connectivity index (χ1v) is 7.00. The molecule has 1 aliphatic rings. The summed E-state index contributed by atoms with van der Waals surface area (Å²) in [4.78, 5) is 14.4. The van der Waals surface area contributed by atoms with Crippen LogP contribution in [0.5, 0.6) is 17.2 Å². The molecule has 1 heterocycles. The number of benzene rings is 1. The highest BCUT2D eigenvalue weighted by Gasteiger charge is 2.27. The molecule has 1 aliphatic heterocycles. The predicted octanol–water partition coefficient (Wildman–Crippen LogP) is 1.07. The molecule has 0 saturated carbocycles. The Labute approximate surface area is 131 Å². The number of carbonyl (C=O) groups excluding carboxylic acids is 1. The first-order valence-electron chi connectivity index (χ1n) is 7.00. The second kappa shape index (κ2) is 6.92. The molecule has 2 atom stereocenters. The summed E-state index contributed by atoms with van der Waals surface area (Å²) < 4.78 is 21.2. The van der Waals surface area contributed by atoms with Crippen LogP contribution in [0.2, 0.25) is 0 Å². The van der Waals surface area contributed by atoms with Crippen LogP contribution in [0.3, 0.4) is 0 Å². The molecule has 2 unspecified atom stereocenters. The zero-order valence-corrected chi connectivity index (χ0v) is 13.3. The fraction of sp³-hybridized carbons (Fsp3) is 0.533. The van der Waals surface area contributed by atoms with Crippen molar-refractivity contribution in [2.75, 3.05) is 34.4 Å². The van der Waals surface area contributed by atoms with E-state index in [1.807, 2.05) is 6.92 Å². The van der Waals surface area contributed by atoms with Gasteiger partial charge >= 0.3 is 0 Å². The number of rotatable bonds is 4. The Kier molecular flexibility index (Phi) is 5.18. The molecular formula is C15H20BNO5. The number of hydrogen-bond acceptors (Lipinski definition) is 5. The highest BCUT2D eigenvalue weighted by molar-refractivity contribution is 6.11. The molecule has 1 saturated heterocycles. The second-order valence-corrected chi connectivity index (χ2v) is 5.11. The number of methoxy groups -OCH3 is 3. The maximum absolute atomic E-state index is 12.7. The van der Waals surface area contributed by atoms with Crippen LogP contribution in [0.4, 0.5) is 0 Å². The van der Waals surface area contributed by atoms with Crippen molar-refractivity contribution in [2.24, 2.45) is 0 Å². The topological polar surface area (TPSA) is 57.2 Å². The van der Waals surface area contributed by atoms with Gasteiger partial charge in [-0.1, -0.05) is 0 Å². The summed E-state index contributed by atoms with van der Waals surface area (Å²) >= 11 is 0. The van der Waals surface area contributed by atoms with Crippen molar-refractivity contribution in [3.8, 4) is 17.2 Å². The van der Waals surface area contributed by atoms with Crippen molar-refractivity contribution in [1.82, 2.24) is 4.90 Å². The molecule has 0 spiro atoms. The number of ether oxygens (including phenoxy) is 4. The number of amides is 1. The third-order valence-corrected chi connectivity index (χ3v) is 3.48. The summed E-state index contributed by atoms with van der Waals surface area (Å²) in [5.74, 6) is 1.19. The molecule has 7 heteroatoms. The van der Waals surface area contributed by atoms with Gasteiger partial charge in [0.15, 0.2) is 11.5 Å². The monoisotopic (exact) mass is 305 g/mol. The highest BCUT2D eigenvalue weighted by Crippen LogP contribution is 2.38. The fourth-order valence-electron chi connectivity index (χ4n) is 2.54. The van der Waals surface area contributed by atoms with Gasteiger partial charge in [-0.25, -0.2) is 0 Å². The van der Waals surface area contributed by atoms with E-state index in [9.17, 15) is 4.79 Å². The number of carbonyl (C=O) groups is 1. The standard InChI is InChI=1S/C15H20BNO5/c1-9-7-17(8-13(16)22-9)15(18)10-5-11(19-2)14(21-4)12(6-10)20-3/h5-6,9,13H,7-8H2,1-4H3. The van der Waals surface area contributed by atoms with E-state index in [0.717, 1.165) is 0 Å². The molecule has 2 rings (SSSR count). The summed E-state index contributed by atoms with van der Waals surface area (Å²) in [5, 5.41) is 0. The Balaban J connectivity index is 2.33. The molecule has 2 radical (unpaired) electrons. The SMILES string of the molecule is [B]C1CN(C(=O)c2cc(OC)c(OC)c(OC)c2)CC(C)O1. The Bertz CT molecular complexity index is 516. The van der Waals surface area contributed by atoms with Crippen molar-refractivity contribution in [1.29, 1.82) is 0 Å². The summed E-state index contributed by atoms with van der Waals surface area (Å²) in [6, 6.07) is 2.79. The van der Waals surface area contributed by atoms with Gasteiger partial charge in [0.1, 0.15) is 7.85 Å². The molecule has 1 amide bonds. The second-order valence-electron chi connectivity index (χ2n) is 5.11. The first kappa shape index (κ1) is 16.5. The largest absolute Gasteiger partial charge is 0.493 e. The molecule has 0 N–H and O–H groups in total. The molecule has 0 bridgehead atoms. The minimum Gasteiger partial charge on any atom is -0.493 e. The maximum Gasteiger partial charge on any atom is 0.254 e. The first-order chi connectivity index (χ1) is 10.5. The van der Waals surface area contributed by atoms with E-state index in [4.69, 9.17) is 26.8 Å². The maximum atomic E-state index is 12.7. The summed E-state index contributed by atoms with van der Waals surface area (Å²) in [6.07, 6.45) is -0.102. The Hall–Kier alpha value is -1.89. The normalized spacial score (nSPS) is 21.4. The van der Waals surface area contributed by atoms with E-state index in [0.29, 0.717) is 35.9 Å². The van der Waals surface area contributed by atoms with E-state index in [1.54, 1.807) is 17.0 Å². The molecule has 0 aromatic heterocycles. The Morgan fingerprint density at radius 2 is 1.77 bits per heavy atom. The van der Waals surface area contributed by atoms with Gasteiger partial charge in [-0.15, -0.1) is 0 Å². The van der Waals surface area contributed by atoms with E-state index in [1.165, 1.54) is 21.3 Å². The van der Waals surface area contributed by atoms with Gasteiger partial charge in [-0.3, -0.25) is 4.79 Å². The number of morpholine rings is 1. The average Bonchev–Trinajstić information content (AvgIpc) is 2.51. The van der Waals surface area contributed by atoms with Crippen LogP contribution in [0.15, 0.2) is 12.1 Å². The summed E-state index contributed by atoms with van der Waals surface area (Å²) in [5.41, 5.74) is 0.454. The van der Waals surface area contributed by atoms with Gasteiger partial charge in [0.2, 0.25) is 5.75 Å². The molecule has 118 valence electrons. The van der Waals surface area contributed by atoms with Crippen LogP contribution < -0.4 is 14.2 Å². The minimum atomic E-state index is -0.477. The van der Waals surface area contributed by atoms with E-state index in [2.05, 4.69) is 0 Å². The van der Waals surface area contributed by atoms with Gasteiger partial charge < -0.3 is 23.8 Å². The Morgan fingerprint density at radius 1 is 1.18 bits per heavy atom. The van der Waals surface area contributed by atoms with Crippen molar-refractivity contribution < 1.29 is 23.7 Å². The molecule has 6 nitrogen and oxygen atoms in total. The van der Waals surface area contributed by atoms with Crippen LogP contribution in [-0.4, -0.2) is 65.2 Å². The Morgan fingerprint density at radius 3 is 2.23 bits per heavy atom. The van der Waals surface area contributed by atoms with Crippen LogP contribution in [0, 0.1) is 0 Å². The van der Waals surface area contributed by atoms with E-state index >= 15 is 0 Å². The quantitative estimate of drug-likeness (QED) is 0.779. The van der Waals surface area contributed by atoms with Gasteiger partial charge in [-0.2, -0.15) is 0 Å². The summed E-state index contributed by atoms with van der Waals surface area (Å²) in [7, 11) is 10.3. The lowest BCUT2D eigenvalue weighted by atomic mass is 9.97. The van der Waals surface area contributed by atoms with Crippen molar-refractivity contribution >= 4 is 13.8 Å². The van der Waals surface area contributed by atoms with Crippen LogP contribution in [0.1, 0.15) is 17.3 Å². The third-order valence-electron chi connectivity index (χ3n) is 3.48. The predicted molar refractivity (Wildman–Crippen MR) is 82.1 cm³/mol. The van der Waals surface area contributed by atoms with Crippen LogP contribution >= 0.6 is 0 Å². The van der Waals surface area contributed by atoms with E-state index in [-0.39, 0.29) is 12.0 Å². The average molecular weight is 305 g/mol. The molecule has 1 aromatic carbocycles. The zero-order valence-electron chi connectivity index (χ0n) is 13.3. The summed E-state index contributed by atoms with van der Waals surface area (Å²) in [6.45, 7) is 2.72. The highest BCUT2D eigenvalue weighted by atomic mass is 16.5. The number of nitrogens with zero attached hydrogens (tertiary/aromatic N) is 1. The van der Waals surface area contributed by atoms with Crippen LogP contribution in [-0.2, 0) is 4.74 Å². The van der Waals surface area contributed by atoms with Gasteiger partial charge in [0.05, 0.1) is 27.4 Å². The lowest BCUT2D eigenvalue weighted by Gasteiger charge is -2.35. The smallest absolute Gasteiger partial charge is 0.254 e. The van der Waals surface area contributed by atoms with Crippen molar-refractivity contribution in [3.05, 3.63) is 17.7 Å². The minimum absolute atomic E-state index is 0.102. The van der Waals surface area contributed by atoms with Crippen molar-refractivity contribution in [2.45, 2.75) is 19.0 Å². The lowest BCUT2D eigenvalue weighted by molar-refractivity contribution is -0.0319. The van der Waals surface area contributed by atoms with Crippen LogP contribution in [0.25, 0.3) is 0 Å². The molecule has 0 aliphatic carbocycles. The zero-order chi connectivity index (χ0) is 16.3. The van der Waals surface area contributed by atoms with Crippen molar-refractivity contribution in [3.63, 3.8) is 0 Å². The molecule has 1 fully saturated rings. The molecule has 1 aromatic rings. The van der Waals surface area contributed by atoms with Gasteiger partial charge in [-0.05, 0) is 19.1 Å². The lowest BCUT2D eigenvalue weighted by Crippen LogP contribution is -2.49. The number of hydrogen-bond donors (Lipinski definition) is 0. The third kappa shape index (κ3) is 3.30. The molecular weight excluding hydrogens is 285 g/mol. The van der Waals surface area contributed by atoms with Gasteiger partial charge in [0, 0.05) is 24.7 Å². The van der Waals surface area contributed by atoms with E-state index < -0.39 is 6.00 Å².